The molecule has 0 aromatic heterocycles. The molecule has 9 nitrogen and oxygen atoms in total. The maximum Gasteiger partial charge on any atom is 0.170 e. The SMILES string of the molecule is CC(=O)C1CCCN(C(C)(C)C)C1.CC(C)(C)N1CCC2(CC1)OCCO2.CC(C)(C)N1CCCCC1.CC(C)(C)N1CCc2ccccc2C1.CC1CN(C(C)(C)C)CC(C)O1. The number of carbonyl (C=O) groups is 1. The summed E-state index contributed by atoms with van der Waals surface area (Å²) in [7, 11) is 0. The Morgan fingerprint density at radius 3 is 1.43 bits per heavy atom. The highest BCUT2D eigenvalue weighted by Gasteiger charge is 2.41. The van der Waals surface area contributed by atoms with Crippen LogP contribution >= 0.6 is 0 Å². The van der Waals surface area contributed by atoms with E-state index in [1.54, 1.807) is 6.92 Å². The molecule has 63 heavy (non-hydrogen) atoms. The molecule has 6 aliphatic rings. The second-order valence-electron chi connectivity index (χ2n) is 24.5. The molecule has 1 aromatic rings. The van der Waals surface area contributed by atoms with Gasteiger partial charge in [-0.3, -0.25) is 29.3 Å². The van der Waals surface area contributed by atoms with Gasteiger partial charge in [-0.15, -0.1) is 0 Å². The largest absolute Gasteiger partial charge is 0.373 e. The standard InChI is InChI=1S/C13H19N.C11H21NO2.C11H21NO.C10H21NO.C9H19N/c1-13(2,3)14-9-8-11-6-4-5-7-12(11)10-14;1-10(2,3)12-6-4-11(5-7-12)13-8-9-14-11;1-9(13)10-6-5-7-12(8-10)11(2,3)4;1-8-6-11(10(3,4)5)7-9(2)12-8;1-9(2,3)10-7-5-4-6-8-10/h4-7H,8-10H2,1-3H3;4-9H2,1-3H3;10H,5-8H2,1-4H3;8-9H,6-7H2,1-5H3;4-8H2,1-3H3. The molecule has 0 N–H and O–H groups in total. The maximum absolute atomic E-state index is 11.2. The third-order valence-corrected chi connectivity index (χ3v) is 14.0. The zero-order chi connectivity index (χ0) is 47.4. The van der Waals surface area contributed by atoms with Gasteiger partial charge in [0.25, 0.3) is 0 Å². The average Bonchev–Trinajstić information content (AvgIpc) is 3.64. The third kappa shape index (κ3) is 19.4. The number of rotatable bonds is 1. The summed E-state index contributed by atoms with van der Waals surface area (Å²) in [6.07, 6.45) is 10.5. The van der Waals surface area contributed by atoms with Crippen molar-refractivity contribution >= 4 is 5.78 Å². The molecule has 0 aliphatic carbocycles. The minimum Gasteiger partial charge on any atom is -0.373 e. The van der Waals surface area contributed by atoms with Gasteiger partial charge in [0.1, 0.15) is 5.78 Å². The number of nitrogens with zero attached hydrogens (tertiary/aromatic N) is 5. The lowest BCUT2D eigenvalue weighted by Crippen LogP contribution is -2.53. The Morgan fingerprint density at radius 1 is 0.540 bits per heavy atom. The number of ketones is 1. The predicted octanol–water partition coefficient (Wildman–Crippen LogP) is 10.7. The van der Waals surface area contributed by atoms with Crippen LogP contribution in [0.25, 0.3) is 0 Å². The van der Waals surface area contributed by atoms with Gasteiger partial charge in [0.2, 0.25) is 0 Å². The van der Waals surface area contributed by atoms with Crippen LogP contribution in [-0.2, 0) is 32.0 Å². The fourth-order valence-corrected chi connectivity index (χ4v) is 9.58. The van der Waals surface area contributed by atoms with Crippen molar-refractivity contribution in [3.8, 4) is 0 Å². The van der Waals surface area contributed by atoms with Crippen LogP contribution < -0.4 is 0 Å². The summed E-state index contributed by atoms with van der Waals surface area (Å²) in [4.78, 5) is 23.8. The first-order chi connectivity index (χ1) is 29.0. The molecule has 366 valence electrons. The molecule has 3 atom stereocenters. The molecule has 0 bridgehead atoms. The van der Waals surface area contributed by atoms with Crippen molar-refractivity contribution in [1.82, 2.24) is 24.5 Å². The topological polar surface area (TPSA) is 61.0 Å². The van der Waals surface area contributed by atoms with Crippen molar-refractivity contribution in [1.29, 1.82) is 0 Å². The van der Waals surface area contributed by atoms with Crippen LogP contribution in [0.15, 0.2) is 24.3 Å². The van der Waals surface area contributed by atoms with E-state index in [9.17, 15) is 4.79 Å². The number of benzene rings is 1. The summed E-state index contributed by atoms with van der Waals surface area (Å²) < 4.78 is 17.1. The van der Waals surface area contributed by atoms with E-state index in [0.717, 1.165) is 78.3 Å². The van der Waals surface area contributed by atoms with Crippen molar-refractivity contribution in [2.45, 2.75) is 228 Å². The molecule has 5 fully saturated rings. The number of morpholine rings is 1. The minimum absolute atomic E-state index is 0.216. The van der Waals surface area contributed by atoms with E-state index in [-0.39, 0.29) is 28.3 Å². The van der Waals surface area contributed by atoms with E-state index in [4.69, 9.17) is 14.2 Å². The Morgan fingerprint density at radius 2 is 0.984 bits per heavy atom. The highest BCUT2D eigenvalue weighted by atomic mass is 16.7. The number of Topliss-reactive ketones (excluding diaryl/α,β-unsaturated/α-hetero) is 1. The van der Waals surface area contributed by atoms with Crippen LogP contribution in [-0.4, -0.2) is 148 Å². The van der Waals surface area contributed by atoms with E-state index in [0.29, 0.717) is 29.1 Å². The first-order valence-electron chi connectivity index (χ1n) is 25.3. The quantitative estimate of drug-likeness (QED) is 0.274. The Balaban J connectivity index is 0.000000211. The smallest absolute Gasteiger partial charge is 0.170 e. The fourth-order valence-electron chi connectivity index (χ4n) is 9.58. The highest BCUT2D eigenvalue weighted by molar-refractivity contribution is 5.78. The van der Waals surface area contributed by atoms with Gasteiger partial charge in [-0.05, 0) is 187 Å². The average molecular weight is 884 g/mol. The van der Waals surface area contributed by atoms with Crippen LogP contribution in [0.3, 0.4) is 0 Å². The van der Waals surface area contributed by atoms with E-state index in [1.807, 2.05) is 0 Å². The Kier molecular flexibility index (Phi) is 21.3. The zero-order valence-corrected chi connectivity index (χ0v) is 44.6. The number of fused-ring (bicyclic) bond motifs is 1. The maximum atomic E-state index is 11.2. The van der Waals surface area contributed by atoms with Crippen molar-refractivity contribution in [3.05, 3.63) is 35.4 Å². The Bertz CT molecular complexity index is 1450. The van der Waals surface area contributed by atoms with Gasteiger partial charge in [0, 0.05) is 92.3 Å². The number of likely N-dealkylation sites (tertiary alicyclic amines) is 3. The summed E-state index contributed by atoms with van der Waals surface area (Å²) >= 11 is 0. The molecule has 0 radical (unpaired) electrons. The van der Waals surface area contributed by atoms with Gasteiger partial charge in [-0.1, -0.05) is 30.7 Å². The summed E-state index contributed by atoms with van der Waals surface area (Å²) in [6.45, 7) is 52.9. The molecule has 3 unspecified atom stereocenters. The molecule has 1 aromatic carbocycles. The Labute approximate surface area is 389 Å². The molecular weight excluding hydrogens is 783 g/mol. The monoisotopic (exact) mass is 884 g/mol. The number of carbonyl (C=O) groups excluding carboxylic acids is 1. The molecule has 6 aliphatic heterocycles. The van der Waals surface area contributed by atoms with Crippen LogP contribution in [0, 0.1) is 5.92 Å². The summed E-state index contributed by atoms with van der Waals surface area (Å²) in [5.74, 6) is 0.420. The van der Waals surface area contributed by atoms with Gasteiger partial charge in [0.15, 0.2) is 5.79 Å². The van der Waals surface area contributed by atoms with Gasteiger partial charge in [0.05, 0.1) is 25.4 Å². The number of piperidine rings is 3. The number of ether oxygens (including phenoxy) is 3. The molecule has 7 rings (SSSR count). The lowest BCUT2D eigenvalue weighted by atomic mass is 9.91. The molecule has 9 heteroatoms. The van der Waals surface area contributed by atoms with E-state index >= 15 is 0 Å². The first kappa shape index (κ1) is 55.9. The molecule has 0 amide bonds. The molecule has 5 saturated heterocycles. The number of hydrogen-bond acceptors (Lipinski definition) is 9. The molecule has 0 saturated carbocycles. The fraction of sp³-hybridized carbons (Fsp3) is 0.870. The summed E-state index contributed by atoms with van der Waals surface area (Å²) in [5.41, 5.74) is 4.52. The second kappa shape index (κ2) is 24.0. The van der Waals surface area contributed by atoms with Crippen molar-refractivity contribution < 1.29 is 19.0 Å². The summed E-state index contributed by atoms with van der Waals surface area (Å²) in [6, 6.07) is 8.80. The lowest BCUT2D eigenvalue weighted by molar-refractivity contribution is -0.190. The van der Waals surface area contributed by atoms with Crippen LogP contribution in [0.2, 0.25) is 0 Å². The van der Waals surface area contributed by atoms with E-state index in [2.05, 4.69) is 166 Å². The molecule has 6 heterocycles. The van der Waals surface area contributed by atoms with Gasteiger partial charge in [-0.2, -0.15) is 0 Å². The lowest BCUT2D eigenvalue weighted by Gasteiger charge is -2.43. The third-order valence-electron chi connectivity index (χ3n) is 14.0. The predicted molar refractivity (Wildman–Crippen MR) is 267 cm³/mol. The van der Waals surface area contributed by atoms with Crippen molar-refractivity contribution in [3.63, 3.8) is 0 Å². The van der Waals surface area contributed by atoms with Crippen LogP contribution in [0.4, 0.5) is 0 Å². The summed E-state index contributed by atoms with van der Waals surface area (Å²) in [5, 5.41) is 0. The van der Waals surface area contributed by atoms with Crippen molar-refractivity contribution in [2.24, 2.45) is 5.92 Å². The minimum atomic E-state index is -0.220. The van der Waals surface area contributed by atoms with Crippen LogP contribution in [0.1, 0.15) is 181 Å². The molecule has 1 spiro atoms. The van der Waals surface area contributed by atoms with E-state index < -0.39 is 0 Å². The van der Waals surface area contributed by atoms with E-state index in [1.165, 1.54) is 62.9 Å². The van der Waals surface area contributed by atoms with Crippen LogP contribution in [0.5, 0.6) is 0 Å². The first-order valence-corrected chi connectivity index (χ1v) is 25.3. The second-order valence-corrected chi connectivity index (χ2v) is 24.5. The van der Waals surface area contributed by atoms with Crippen molar-refractivity contribution in [2.75, 3.05) is 72.1 Å². The number of hydrogen-bond donors (Lipinski definition) is 0. The normalized spacial score (nSPS) is 25.8. The zero-order valence-electron chi connectivity index (χ0n) is 44.6. The Hall–Kier alpha value is -1.43. The highest BCUT2D eigenvalue weighted by Crippen LogP contribution is 2.34. The van der Waals surface area contributed by atoms with Gasteiger partial charge >= 0.3 is 0 Å². The molecular formula is C54H101N5O4. The van der Waals surface area contributed by atoms with Gasteiger partial charge < -0.3 is 14.2 Å². The van der Waals surface area contributed by atoms with Gasteiger partial charge in [-0.25, -0.2) is 0 Å².